The molecule has 0 saturated heterocycles. The fourth-order valence-electron chi connectivity index (χ4n) is 2.48. The molecule has 3 rings (SSSR count). The Kier molecular flexibility index (Phi) is 2.90. The van der Waals surface area contributed by atoms with Crippen molar-refractivity contribution in [3.63, 3.8) is 0 Å². The zero-order chi connectivity index (χ0) is 17.4. The van der Waals surface area contributed by atoms with E-state index in [0.29, 0.717) is 11.4 Å². The lowest BCUT2D eigenvalue weighted by molar-refractivity contribution is 0.634. The van der Waals surface area contributed by atoms with Gasteiger partial charge in [-0.2, -0.15) is 0 Å². The molecule has 0 radical (unpaired) electrons. The van der Waals surface area contributed by atoms with Crippen LogP contribution in [-0.2, 0) is 0 Å². The van der Waals surface area contributed by atoms with Crippen molar-refractivity contribution < 1.29 is 7.13 Å². The van der Waals surface area contributed by atoms with Crippen LogP contribution in [0, 0.1) is 26.2 Å². The predicted octanol–water partition coefficient (Wildman–Crippen LogP) is 4.85. The van der Waals surface area contributed by atoms with E-state index >= 15 is 0 Å². The summed E-state index contributed by atoms with van der Waals surface area (Å²) >= 11 is 0. The number of aryl methyl sites for hydroxylation is 2. The Morgan fingerprint density at radius 2 is 1.95 bits per heavy atom. The minimum atomic E-state index is -0.601. The van der Waals surface area contributed by atoms with E-state index in [-0.39, 0.29) is 18.0 Å². The van der Waals surface area contributed by atoms with Crippen LogP contribution >= 0.6 is 0 Å². The van der Waals surface area contributed by atoms with E-state index in [1.54, 1.807) is 4.57 Å². The molecule has 0 aliphatic rings. The van der Waals surface area contributed by atoms with E-state index in [4.69, 9.17) is 9.31 Å². The molecule has 4 heteroatoms. The summed E-state index contributed by atoms with van der Waals surface area (Å²) in [7, 11) is 0. The topological polar surface area (TPSA) is 22.2 Å². The SMILES string of the molecule is [2H]c1nc(-c2ccc(F)c([N+]#[C-])c2)n(-c2c(C)cccc2C)c1[2H]. The van der Waals surface area contributed by atoms with Crippen molar-refractivity contribution in [3.8, 4) is 17.1 Å². The van der Waals surface area contributed by atoms with Gasteiger partial charge in [0.2, 0.25) is 5.69 Å². The Hall–Kier alpha value is -2.93. The van der Waals surface area contributed by atoms with Gasteiger partial charge in [0.1, 0.15) is 11.6 Å². The van der Waals surface area contributed by atoms with Crippen LogP contribution < -0.4 is 0 Å². The minimum Gasteiger partial charge on any atom is -0.299 e. The summed E-state index contributed by atoms with van der Waals surface area (Å²) in [6, 6.07) is 9.88. The molecule has 0 aliphatic heterocycles. The first kappa shape index (κ1) is 11.7. The van der Waals surface area contributed by atoms with Gasteiger partial charge in [-0.1, -0.05) is 24.3 Å². The zero-order valence-corrected chi connectivity index (χ0v) is 12.2. The van der Waals surface area contributed by atoms with Crippen molar-refractivity contribution in [3.05, 3.63) is 77.1 Å². The molecule has 1 aromatic heterocycles. The van der Waals surface area contributed by atoms with Crippen LogP contribution in [0.25, 0.3) is 21.9 Å². The number of para-hydroxylation sites is 1. The van der Waals surface area contributed by atoms with Gasteiger partial charge in [-0.05, 0) is 37.1 Å². The molecule has 0 saturated carbocycles. The summed E-state index contributed by atoms with van der Waals surface area (Å²) in [4.78, 5) is 7.33. The Balaban J connectivity index is 2.33. The third kappa shape index (κ3) is 2.27. The Morgan fingerprint density at radius 3 is 2.64 bits per heavy atom. The molecule has 1 heterocycles. The van der Waals surface area contributed by atoms with Crippen LogP contribution in [0.3, 0.4) is 0 Å². The number of hydrogen-bond donors (Lipinski definition) is 0. The Morgan fingerprint density at radius 1 is 1.23 bits per heavy atom. The van der Waals surface area contributed by atoms with E-state index in [2.05, 4.69) is 9.83 Å². The van der Waals surface area contributed by atoms with Gasteiger partial charge in [-0.15, -0.1) is 0 Å². The number of hydrogen-bond acceptors (Lipinski definition) is 1. The van der Waals surface area contributed by atoms with E-state index in [1.165, 1.54) is 18.2 Å². The monoisotopic (exact) mass is 293 g/mol. The van der Waals surface area contributed by atoms with E-state index in [9.17, 15) is 4.39 Å². The lowest BCUT2D eigenvalue weighted by Crippen LogP contribution is -2.01. The van der Waals surface area contributed by atoms with E-state index in [1.807, 2.05) is 32.0 Å². The standard InChI is InChI=1S/C18H14FN3/c1-12-5-4-6-13(2)17(12)22-10-9-21-18(22)14-7-8-15(19)16(11-14)20-3/h4-11H,1-2H3/i9D,10D. The van der Waals surface area contributed by atoms with Crippen molar-refractivity contribution >= 4 is 5.69 Å². The molecule has 0 unspecified atom stereocenters. The highest BCUT2D eigenvalue weighted by Crippen LogP contribution is 2.29. The molecule has 3 aromatic rings. The average Bonchev–Trinajstić information content (AvgIpc) is 2.84. The highest BCUT2D eigenvalue weighted by molar-refractivity contribution is 5.66. The summed E-state index contributed by atoms with van der Waals surface area (Å²) in [5.74, 6) is -0.247. The third-order valence-electron chi connectivity index (χ3n) is 3.52. The number of aromatic nitrogens is 2. The average molecular weight is 293 g/mol. The molecular formula is C18H14FN3. The molecule has 0 N–H and O–H groups in total. The second kappa shape index (κ2) is 5.45. The van der Waals surface area contributed by atoms with Gasteiger partial charge < -0.3 is 0 Å². The predicted molar refractivity (Wildman–Crippen MR) is 84.7 cm³/mol. The smallest absolute Gasteiger partial charge is 0.222 e. The second-order valence-electron chi connectivity index (χ2n) is 5.01. The van der Waals surface area contributed by atoms with Crippen molar-refractivity contribution in [1.82, 2.24) is 9.55 Å². The summed E-state index contributed by atoms with van der Waals surface area (Å²) in [5.41, 5.74) is 3.04. The molecule has 0 aliphatic carbocycles. The van der Waals surface area contributed by atoms with Gasteiger partial charge in [0, 0.05) is 17.9 Å². The largest absolute Gasteiger partial charge is 0.299 e. The van der Waals surface area contributed by atoms with E-state index < -0.39 is 5.82 Å². The maximum atomic E-state index is 13.6. The minimum absolute atomic E-state index is 0.0453. The molecule has 108 valence electrons. The fraction of sp³-hybridized carbons (Fsp3) is 0.111. The second-order valence-corrected chi connectivity index (χ2v) is 5.01. The number of benzene rings is 2. The summed E-state index contributed by atoms with van der Waals surface area (Å²) in [6.45, 7) is 10.9. The molecular weight excluding hydrogens is 277 g/mol. The van der Waals surface area contributed by atoms with Crippen LogP contribution in [0.1, 0.15) is 13.9 Å². The van der Waals surface area contributed by atoms with Crippen LogP contribution in [-0.4, -0.2) is 9.55 Å². The molecule has 0 amide bonds. The van der Waals surface area contributed by atoms with Gasteiger partial charge >= 0.3 is 0 Å². The van der Waals surface area contributed by atoms with Crippen LogP contribution in [0.4, 0.5) is 10.1 Å². The molecule has 3 nitrogen and oxygen atoms in total. The first-order chi connectivity index (χ1) is 11.4. The Labute approximate surface area is 131 Å². The molecule has 0 spiro atoms. The maximum absolute atomic E-state index is 13.6. The first-order valence-corrected chi connectivity index (χ1v) is 6.74. The quantitative estimate of drug-likeness (QED) is 0.619. The van der Waals surface area contributed by atoms with E-state index in [0.717, 1.165) is 16.8 Å². The summed E-state index contributed by atoms with van der Waals surface area (Å²) in [5, 5.41) is 0. The first-order valence-electron chi connectivity index (χ1n) is 7.74. The van der Waals surface area contributed by atoms with Crippen LogP contribution in [0.2, 0.25) is 0 Å². The zero-order valence-electron chi connectivity index (χ0n) is 14.2. The molecule has 0 fully saturated rings. The molecule has 0 atom stereocenters. The highest BCUT2D eigenvalue weighted by Gasteiger charge is 2.13. The number of rotatable bonds is 2. The highest BCUT2D eigenvalue weighted by atomic mass is 19.1. The number of imidazole rings is 1. The maximum Gasteiger partial charge on any atom is 0.222 e. The summed E-state index contributed by atoms with van der Waals surface area (Å²) in [6.07, 6.45) is -0.211. The fourth-order valence-corrected chi connectivity index (χ4v) is 2.48. The third-order valence-corrected chi connectivity index (χ3v) is 3.52. The van der Waals surface area contributed by atoms with Gasteiger partial charge in [0.25, 0.3) is 0 Å². The lowest BCUT2D eigenvalue weighted by atomic mass is 10.1. The van der Waals surface area contributed by atoms with Gasteiger partial charge in [0.15, 0.2) is 0 Å². The van der Waals surface area contributed by atoms with Crippen molar-refractivity contribution in [2.45, 2.75) is 13.8 Å². The molecule has 0 bridgehead atoms. The summed E-state index contributed by atoms with van der Waals surface area (Å²) < 4.78 is 31.3. The van der Waals surface area contributed by atoms with Crippen LogP contribution in [0.15, 0.2) is 48.7 Å². The van der Waals surface area contributed by atoms with Gasteiger partial charge in [-0.3, -0.25) is 4.57 Å². The normalized spacial score (nSPS) is 11.7. The number of nitrogens with zero attached hydrogens (tertiary/aromatic N) is 3. The number of halogens is 1. The van der Waals surface area contributed by atoms with Gasteiger partial charge in [-0.25, -0.2) is 14.2 Å². The van der Waals surface area contributed by atoms with Crippen molar-refractivity contribution in [2.24, 2.45) is 0 Å². The lowest BCUT2D eigenvalue weighted by Gasteiger charge is -2.14. The molecule has 22 heavy (non-hydrogen) atoms. The van der Waals surface area contributed by atoms with Crippen molar-refractivity contribution in [1.29, 1.82) is 0 Å². The van der Waals surface area contributed by atoms with Gasteiger partial charge in [0.05, 0.1) is 15.0 Å². The van der Waals surface area contributed by atoms with Crippen LogP contribution in [0.5, 0.6) is 0 Å². The molecule has 2 aromatic carbocycles. The Bertz CT molecular complexity index is 966. The van der Waals surface area contributed by atoms with Crippen molar-refractivity contribution in [2.75, 3.05) is 0 Å².